The number of rotatable bonds is 8. The van der Waals surface area contributed by atoms with E-state index in [0.29, 0.717) is 12.3 Å². The number of ether oxygens (including phenoxy) is 2. The summed E-state index contributed by atoms with van der Waals surface area (Å²) in [5.41, 5.74) is 0.602. The third-order valence-electron chi connectivity index (χ3n) is 2.38. The molecular weight excluding hydrogens is 356 g/mol. The SMILES string of the molecule is CCOCC(=O)OCC(=O)NCC(=O)Nc1ccccc1Br. The Kier molecular flexibility index (Phi) is 8.16. The number of halogens is 1. The summed E-state index contributed by atoms with van der Waals surface area (Å²) in [4.78, 5) is 34.2. The minimum Gasteiger partial charge on any atom is -0.454 e. The lowest BCUT2D eigenvalue weighted by atomic mass is 10.3. The van der Waals surface area contributed by atoms with E-state index in [-0.39, 0.29) is 19.1 Å². The van der Waals surface area contributed by atoms with Gasteiger partial charge in [-0.2, -0.15) is 0 Å². The van der Waals surface area contributed by atoms with Gasteiger partial charge in [-0.3, -0.25) is 9.59 Å². The van der Waals surface area contributed by atoms with E-state index in [4.69, 9.17) is 4.74 Å². The average Bonchev–Trinajstić information content (AvgIpc) is 2.51. The molecule has 0 radical (unpaired) electrons. The van der Waals surface area contributed by atoms with E-state index in [1.54, 1.807) is 25.1 Å². The highest BCUT2D eigenvalue weighted by Crippen LogP contribution is 2.20. The lowest BCUT2D eigenvalue weighted by Crippen LogP contribution is -2.36. The molecule has 0 spiro atoms. The topological polar surface area (TPSA) is 93.7 Å². The summed E-state index contributed by atoms with van der Waals surface area (Å²) in [6.45, 7) is 1.25. The summed E-state index contributed by atoms with van der Waals surface area (Å²) in [6, 6.07) is 7.10. The van der Waals surface area contributed by atoms with E-state index in [1.807, 2.05) is 6.07 Å². The first-order valence-electron chi connectivity index (χ1n) is 6.57. The maximum Gasteiger partial charge on any atom is 0.332 e. The van der Waals surface area contributed by atoms with Gasteiger partial charge >= 0.3 is 5.97 Å². The molecule has 0 heterocycles. The fraction of sp³-hybridized carbons (Fsp3) is 0.357. The number of para-hydroxylation sites is 1. The molecule has 2 amide bonds. The molecule has 0 saturated heterocycles. The Morgan fingerprint density at radius 1 is 1.14 bits per heavy atom. The number of amides is 2. The fourth-order valence-corrected chi connectivity index (χ4v) is 1.74. The standard InChI is InChI=1S/C14H17BrN2O5/c1-2-21-9-14(20)22-8-13(19)16-7-12(18)17-11-6-4-3-5-10(11)15/h3-6H,2,7-9H2,1H3,(H,16,19)(H,17,18). The van der Waals surface area contributed by atoms with Crippen molar-refractivity contribution < 1.29 is 23.9 Å². The summed E-state index contributed by atoms with van der Waals surface area (Å²) >= 11 is 3.29. The number of carbonyl (C=O) groups is 3. The second-order valence-electron chi connectivity index (χ2n) is 4.10. The molecule has 0 unspecified atom stereocenters. The van der Waals surface area contributed by atoms with Crippen LogP contribution in [0.3, 0.4) is 0 Å². The maximum absolute atomic E-state index is 11.7. The van der Waals surface area contributed by atoms with Gasteiger partial charge in [0.25, 0.3) is 5.91 Å². The smallest absolute Gasteiger partial charge is 0.332 e. The summed E-state index contributed by atoms with van der Waals surface area (Å²) in [5.74, 6) is -1.58. The van der Waals surface area contributed by atoms with Crippen molar-refractivity contribution in [3.8, 4) is 0 Å². The zero-order chi connectivity index (χ0) is 16.4. The minimum absolute atomic E-state index is 0.202. The largest absolute Gasteiger partial charge is 0.454 e. The van der Waals surface area contributed by atoms with Crippen LogP contribution >= 0.6 is 15.9 Å². The van der Waals surface area contributed by atoms with Crippen LogP contribution in [-0.4, -0.2) is 44.1 Å². The van der Waals surface area contributed by atoms with Crippen molar-refractivity contribution >= 4 is 39.4 Å². The predicted octanol–water partition coefficient (Wildman–Crippen LogP) is 1.08. The van der Waals surface area contributed by atoms with Crippen molar-refractivity contribution in [1.82, 2.24) is 5.32 Å². The van der Waals surface area contributed by atoms with E-state index in [2.05, 4.69) is 31.3 Å². The fourth-order valence-electron chi connectivity index (χ4n) is 1.36. The highest BCUT2D eigenvalue weighted by Gasteiger charge is 2.10. The molecule has 0 aliphatic carbocycles. The zero-order valence-corrected chi connectivity index (χ0v) is 13.6. The first-order chi connectivity index (χ1) is 10.5. The molecule has 120 valence electrons. The monoisotopic (exact) mass is 372 g/mol. The van der Waals surface area contributed by atoms with Crippen molar-refractivity contribution in [2.75, 3.05) is 31.7 Å². The lowest BCUT2D eigenvalue weighted by molar-refractivity contribution is -0.152. The number of benzene rings is 1. The molecule has 22 heavy (non-hydrogen) atoms. The molecule has 0 atom stereocenters. The van der Waals surface area contributed by atoms with Crippen molar-refractivity contribution in [3.05, 3.63) is 28.7 Å². The van der Waals surface area contributed by atoms with Crippen LogP contribution in [0.25, 0.3) is 0 Å². The number of esters is 1. The van der Waals surface area contributed by atoms with Crippen molar-refractivity contribution in [2.24, 2.45) is 0 Å². The Balaban J connectivity index is 2.25. The molecule has 1 aromatic carbocycles. The second-order valence-corrected chi connectivity index (χ2v) is 4.96. The van der Waals surface area contributed by atoms with Gasteiger partial charge < -0.3 is 20.1 Å². The summed E-state index contributed by atoms with van der Waals surface area (Å²) in [5, 5.41) is 4.98. The highest BCUT2D eigenvalue weighted by molar-refractivity contribution is 9.10. The Bertz CT molecular complexity index is 536. The first kappa shape index (κ1) is 18.1. The van der Waals surface area contributed by atoms with Crippen LogP contribution < -0.4 is 10.6 Å². The average molecular weight is 373 g/mol. The summed E-state index contributed by atoms with van der Waals surface area (Å²) < 4.78 is 10.2. The van der Waals surface area contributed by atoms with Crippen LogP contribution in [0.5, 0.6) is 0 Å². The van der Waals surface area contributed by atoms with Gasteiger partial charge in [-0.1, -0.05) is 12.1 Å². The Morgan fingerprint density at radius 2 is 1.86 bits per heavy atom. The number of carbonyl (C=O) groups excluding carboxylic acids is 3. The van der Waals surface area contributed by atoms with Crippen LogP contribution in [0.15, 0.2) is 28.7 Å². The van der Waals surface area contributed by atoms with E-state index < -0.39 is 18.5 Å². The van der Waals surface area contributed by atoms with Crippen molar-refractivity contribution in [2.45, 2.75) is 6.92 Å². The molecule has 0 aliphatic rings. The molecule has 0 bridgehead atoms. The number of nitrogens with one attached hydrogen (secondary N) is 2. The molecule has 8 heteroatoms. The Hall–Kier alpha value is -1.93. The van der Waals surface area contributed by atoms with Crippen LogP contribution in [-0.2, 0) is 23.9 Å². The Labute approximate surface area is 136 Å². The zero-order valence-electron chi connectivity index (χ0n) is 12.1. The lowest BCUT2D eigenvalue weighted by Gasteiger charge is -2.08. The van der Waals surface area contributed by atoms with Gasteiger partial charge in [0.05, 0.1) is 12.2 Å². The molecule has 0 saturated carbocycles. The highest BCUT2D eigenvalue weighted by atomic mass is 79.9. The van der Waals surface area contributed by atoms with Gasteiger partial charge in [-0.25, -0.2) is 4.79 Å². The number of anilines is 1. The predicted molar refractivity (Wildman–Crippen MR) is 83.2 cm³/mol. The second kappa shape index (κ2) is 9.91. The van der Waals surface area contributed by atoms with E-state index >= 15 is 0 Å². The third kappa shape index (κ3) is 7.19. The van der Waals surface area contributed by atoms with Gasteiger partial charge in [0.2, 0.25) is 5.91 Å². The molecule has 0 fully saturated rings. The van der Waals surface area contributed by atoms with E-state index in [1.165, 1.54) is 0 Å². The van der Waals surface area contributed by atoms with Crippen LogP contribution in [0, 0.1) is 0 Å². The number of hydrogen-bond donors (Lipinski definition) is 2. The van der Waals surface area contributed by atoms with Gasteiger partial charge in [0, 0.05) is 11.1 Å². The van der Waals surface area contributed by atoms with Gasteiger partial charge in [0.1, 0.15) is 6.61 Å². The van der Waals surface area contributed by atoms with E-state index in [9.17, 15) is 14.4 Å². The summed E-state index contributed by atoms with van der Waals surface area (Å²) in [7, 11) is 0. The summed E-state index contributed by atoms with van der Waals surface area (Å²) in [6.07, 6.45) is 0. The van der Waals surface area contributed by atoms with Gasteiger partial charge in [-0.05, 0) is 35.0 Å². The third-order valence-corrected chi connectivity index (χ3v) is 3.07. The quantitative estimate of drug-likeness (QED) is 0.666. The molecule has 0 aliphatic heterocycles. The normalized spacial score (nSPS) is 9.91. The Morgan fingerprint density at radius 3 is 2.55 bits per heavy atom. The molecule has 0 aromatic heterocycles. The number of hydrogen-bond acceptors (Lipinski definition) is 5. The maximum atomic E-state index is 11.7. The first-order valence-corrected chi connectivity index (χ1v) is 7.36. The van der Waals surface area contributed by atoms with Crippen molar-refractivity contribution in [3.63, 3.8) is 0 Å². The van der Waals surface area contributed by atoms with Crippen LogP contribution in [0.4, 0.5) is 5.69 Å². The van der Waals surface area contributed by atoms with Crippen LogP contribution in [0.2, 0.25) is 0 Å². The molecule has 2 N–H and O–H groups in total. The van der Waals surface area contributed by atoms with Gasteiger partial charge in [0.15, 0.2) is 6.61 Å². The molecular formula is C14H17BrN2O5. The van der Waals surface area contributed by atoms with Gasteiger partial charge in [-0.15, -0.1) is 0 Å². The molecule has 1 rings (SSSR count). The van der Waals surface area contributed by atoms with E-state index in [0.717, 1.165) is 4.47 Å². The molecule has 1 aromatic rings. The van der Waals surface area contributed by atoms with Crippen molar-refractivity contribution in [1.29, 1.82) is 0 Å². The molecule has 7 nitrogen and oxygen atoms in total. The van der Waals surface area contributed by atoms with Crippen LogP contribution in [0.1, 0.15) is 6.92 Å². The minimum atomic E-state index is -0.630.